The first-order valence-corrected chi connectivity index (χ1v) is 21.8. The Morgan fingerprint density at radius 2 is 0.460 bits per heavy atom. The van der Waals surface area contributed by atoms with Gasteiger partial charge in [-0.2, -0.15) is 50.5 Å². The minimum atomic E-state index is -0.759. The summed E-state index contributed by atoms with van der Waals surface area (Å²) in [5.41, 5.74) is 2.32. The Labute approximate surface area is 400 Å². The van der Waals surface area contributed by atoms with Gasteiger partial charge in [-0.05, 0) is 22.3 Å². The Bertz CT molecular complexity index is 1270. The predicted molar refractivity (Wildman–Crippen MR) is 286 cm³/mol. The van der Waals surface area contributed by atoms with Gasteiger partial charge < -0.3 is 42.5 Å². The van der Waals surface area contributed by atoms with Gasteiger partial charge in [-0.15, -0.1) is 101 Å². The summed E-state index contributed by atoms with van der Waals surface area (Å²) in [4.78, 5) is 0. The van der Waals surface area contributed by atoms with Gasteiger partial charge in [0.2, 0.25) is 0 Å². The number of thiocarbonyl (C=S) groups is 8. The molecular weight excluding hydrogens is 1020 g/mol. The summed E-state index contributed by atoms with van der Waals surface area (Å²) in [5.74, 6) is 0. The quantitative estimate of drug-likeness (QED) is 0.0599. The summed E-state index contributed by atoms with van der Waals surface area (Å²) in [6, 6.07) is 0.693. The second-order valence-corrected chi connectivity index (χ2v) is 20.9. The Hall–Kier alpha value is 2.54. The second-order valence-electron chi connectivity index (χ2n) is 9.40. The summed E-state index contributed by atoms with van der Waals surface area (Å²) >= 11 is 96.5. The normalized spacial score (nSPS) is 15.6. The van der Waals surface area contributed by atoms with Crippen molar-refractivity contribution >= 4 is 284 Å². The van der Waals surface area contributed by atoms with Gasteiger partial charge >= 0.3 is 0 Å². The highest BCUT2D eigenvalue weighted by molar-refractivity contribution is 8.13. The van der Waals surface area contributed by atoms with E-state index in [1.807, 2.05) is 12.1 Å². The molecule has 8 nitrogen and oxygen atoms in total. The smallest absolute Gasteiger partial charge is 0.131 e. The number of hydrogen-bond donors (Lipinski definition) is 20. The highest BCUT2D eigenvalue weighted by atomic mass is 32.2. The van der Waals surface area contributed by atoms with Gasteiger partial charge in [-0.1, -0.05) is 110 Å². The monoisotopic (exact) mass is 1050 g/mol. The highest BCUT2D eigenvalue weighted by Gasteiger charge is 2.36. The summed E-state index contributed by atoms with van der Waals surface area (Å²) in [6.45, 7) is 0. The summed E-state index contributed by atoms with van der Waals surface area (Å²) in [6.07, 6.45) is 0. The van der Waals surface area contributed by atoms with Crippen molar-refractivity contribution in [2.75, 3.05) is 0 Å². The van der Waals surface area contributed by atoms with E-state index in [9.17, 15) is 0 Å². The molecule has 0 aliphatic heterocycles. The number of thiol groups is 12. The maximum Gasteiger partial charge on any atom is 0.131 e. The fraction of sp³-hybridized carbons (Fsp3) is 0.364. The molecule has 1 aromatic rings. The van der Waals surface area contributed by atoms with E-state index in [1.165, 1.54) is 0 Å². The number of rotatable bonds is 16. The van der Waals surface area contributed by atoms with E-state index >= 15 is 0 Å². The van der Waals surface area contributed by atoms with Crippen LogP contribution in [0.1, 0.15) is 46.4 Å². The van der Waals surface area contributed by atoms with Crippen LogP contribution in [0.25, 0.3) is 0 Å². The Balaban J connectivity index is 4.69. The molecule has 0 radical (unpaired) electrons. The van der Waals surface area contributed by atoms with Crippen LogP contribution in [0.5, 0.6) is 0 Å². The standard InChI is InChI=1S/C22H30N8S20/c31-11(27-19(43)44)7(23-15(35)36)3-1-4(8(24-16(37)38)12(32)28-20(45)46)6(10(26-18(41)42)14(34)30-22(49)50)2-5(3)9(25-17(39)40)13(33)29-21(47)48/h1-2,7-14,31-34H,(H2,23,35,36)(H2,24,37,38)(H2,25,39,40)(H2,26,41,42)(H2,27,43,44)(H2,28,45,46)(H2,29,47,48)(H2,30,49,50). The van der Waals surface area contributed by atoms with Crippen LogP contribution < -0.4 is 42.5 Å². The zero-order valence-electron chi connectivity index (χ0n) is 24.4. The van der Waals surface area contributed by atoms with Gasteiger partial charge in [-0.3, -0.25) is 0 Å². The molecule has 0 aromatic heterocycles. The van der Waals surface area contributed by atoms with Crippen LogP contribution in [0.3, 0.4) is 0 Å². The largest absolute Gasteiger partial charge is 0.361 e. The molecule has 0 amide bonds. The molecule has 0 heterocycles. The lowest BCUT2D eigenvalue weighted by Crippen LogP contribution is -2.46. The molecule has 8 unspecified atom stereocenters. The van der Waals surface area contributed by atoms with Crippen molar-refractivity contribution in [2.45, 2.75) is 45.7 Å². The summed E-state index contributed by atoms with van der Waals surface area (Å²) in [7, 11) is 0. The van der Waals surface area contributed by atoms with Gasteiger partial charge in [0.1, 0.15) is 34.6 Å². The Morgan fingerprint density at radius 3 is 0.580 bits per heavy atom. The molecule has 28 heteroatoms. The molecule has 0 bridgehead atoms. The van der Waals surface area contributed by atoms with Crippen LogP contribution in [-0.2, 0) is 0 Å². The van der Waals surface area contributed by atoms with Gasteiger partial charge in [0.15, 0.2) is 0 Å². The minimum absolute atomic E-state index is 0.145. The lowest BCUT2D eigenvalue weighted by Gasteiger charge is -2.37. The summed E-state index contributed by atoms with van der Waals surface area (Å²) in [5, 5.41) is 21.9. The van der Waals surface area contributed by atoms with Gasteiger partial charge in [0.25, 0.3) is 0 Å². The zero-order valence-corrected chi connectivity index (χ0v) is 41.7. The van der Waals surface area contributed by atoms with Gasteiger partial charge in [0.05, 0.1) is 45.7 Å². The van der Waals surface area contributed by atoms with Gasteiger partial charge in [-0.25, -0.2) is 0 Å². The van der Waals surface area contributed by atoms with Crippen LogP contribution >= 0.6 is 249 Å². The molecule has 50 heavy (non-hydrogen) atoms. The molecular formula is C22H30N8S20. The molecule has 1 aromatic carbocycles. The lowest BCUT2D eigenvalue weighted by molar-refractivity contribution is 0.534. The third-order valence-electron chi connectivity index (χ3n) is 6.09. The van der Waals surface area contributed by atoms with E-state index in [1.54, 1.807) is 0 Å². The number of nitrogens with one attached hydrogen (secondary N) is 8. The van der Waals surface area contributed by atoms with Crippen molar-refractivity contribution in [1.82, 2.24) is 42.5 Å². The number of benzene rings is 1. The Morgan fingerprint density at radius 1 is 0.320 bits per heavy atom. The fourth-order valence-electron chi connectivity index (χ4n) is 4.42. The molecule has 8 N–H and O–H groups in total. The van der Waals surface area contributed by atoms with Crippen LogP contribution in [0.4, 0.5) is 0 Å². The molecule has 0 fully saturated rings. The van der Waals surface area contributed by atoms with Crippen molar-refractivity contribution in [2.24, 2.45) is 0 Å². The van der Waals surface area contributed by atoms with Crippen LogP contribution in [0, 0.1) is 0 Å². The topological polar surface area (TPSA) is 96.2 Å². The summed E-state index contributed by atoms with van der Waals surface area (Å²) < 4.78 is 1.25. The average Bonchev–Trinajstić information content (AvgIpc) is 2.93. The predicted octanol–water partition coefficient (Wildman–Crippen LogP) is 5.31. The second kappa shape index (κ2) is 25.0. The molecule has 278 valence electrons. The van der Waals surface area contributed by atoms with Crippen molar-refractivity contribution in [3.63, 3.8) is 0 Å². The molecule has 0 saturated heterocycles. The molecule has 1 rings (SSSR count). The van der Waals surface area contributed by atoms with Crippen molar-refractivity contribution in [3.8, 4) is 0 Å². The third kappa shape index (κ3) is 18.2. The maximum absolute atomic E-state index is 5.39. The Kier molecular flexibility index (Phi) is 25.3. The van der Waals surface area contributed by atoms with Crippen LogP contribution in [-0.4, -0.2) is 56.1 Å². The van der Waals surface area contributed by atoms with Crippen LogP contribution in [0.2, 0.25) is 0 Å². The van der Waals surface area contributed by atoms with Crippen molar-refractivity contribution in [1.29, 1.82) is 0 Å². The first kappa shape index (κ1) is 50.6. The molecule has 8 atom stereocenters. The van der Waals surface area contributed by atoms with Crippen molar-refractivity contribution in [3.05, 3.63) is 34.4 Å². The maximum atomic E-state index is 5.39. The number of hydrogen-bond acceptors (Lipinski definition) is 12. The SMILES string of the molecule is S=C(S)NC(S)C(NC(=S)S)c1cc(C(NC(=S)S)C(S)NC(=S)S)c(C(NC(=S)S)C(S)NC(=S)S)cc1C(NC(=S)S)C(S)NC(=S)S. The van der Waals surface area contributed by atoms with E-state index < -0.39 is 45.7 Å². The van der Waals surface area contributed by atoms with Crippen molar-refractivity contribution < 1.29 is 0 Å². The van der Waals surface area contributed by atoms with E-state index in [4.69, 9.17) is 148 Å². The van der Waals surface area contributed by atoms with E-state index in [0.717, 1.165) is 0 Å². The highest BCUT2D eigenvalue weighted by Crippen LogP contribution is 2.39. The molecule has 0 saturated carbocycles. The lowest BCUT2D eigenvalue weighted by atomic mass is 9.84. The first-order chi connectivity index (χ1) is 23.0. The average molecular weight is 1050 g/mol. The third-order valence-corrected chi connectivity index (χ3v) is 9.78. The van der Waals surface area contributed by atoms with Gasteiger partial charge in [0, 0.05) is 0 Å². The molecule has 0 aliphatic carbocycles. The molecule has 0 aliphatic rings. The van der Waals surface area contributed by atoms with E-state index in [-0.39, 0.29) is 34.6 Å². The van der Waals surface area contributed by atoms with E-state index in [0.29, 0.717) is 22.3 Å². The molecule has 0 spiro atoms. The van der Waals surface area contributed by atoms with Crippen LogP contribution in [0.15, 0.2) is 12.1 Å². The van der Waals surface area contributed by atoms with E-state index in [2.05, 4.69) is 144 Å². The fourth-order valence-corrected chi connectivity index (χ4v) is 8.77. The minimum Gasteiger partial charge on any atom is -0.361 e. The zero-order chi connectivity index (χ0) is 38.6. The first-order valence-electron chi connectivity index (χ1n) is 12.9.